The smallest absolute Gasteiger partial charge is 0.272 e. The summed E-state index contributed by atoms with van der Waals surface area (Å²) in [5.41, 5.74) is 2.42. The highest BCUT2D eigenvalue weighted by atomic mass is 16.2. The number of carbonyl (C=O) groups is 1. The van der Waals surface area contributed by atoms with Gasteiger partial charge in [-0.1, -0.05) is 37.3 Å². The van der Waals surface area contributed by atoms with Gasteiger partial charge >= 0.3 is 0 Å². The number of rotatable bonds is 5. The van der Waals surface area contributed by atoms with Crippen LogP contribution in [0.15, 0.2) is 36.4 Å². The van der Waals surface area contributed by atoms with Crippen molar-refractivity contribution < 1.29 is 4.79 Å². The summed E-state index contributed by atoms with van der Waals surface area (Å²) >= 11 is 0. The average Bonchev–Trinajstić information content (AvgIpc) is 3.11. The van der Waals surface area contributed by atoms with Gasteiger partial charge in [-0.2, -0.15) is 5.10 Å². The summed E-state index contributed by atoms with van der Waals surface area (Å²) in [6.07, 6.45) is 3.01. The molecule has 2 N–H and O–H groups in total. The van der Waals surface area contributed by atoms with Crippen molar-refractivity contribution in [3.8, 4) is 11.3 Å². The largest absolute Gasteiger partial charge is 0.334 e. The minimum atomic E-state index is 0.0634. The Labute approximate surface area is 137 Å². The molecule has 1 saturated heterocycles. The molecule has 23 heavy (non-hydrogen) atoms. The van der Waals surface area contributed by atoms with Gasteiger partial charge in [0.2, 0.25) is 0 Å². The molecule has 0 unspecified atom stereocenters. The van der Waals surface area contributed by atoms with Crippen molar-refractivity contribution in [2.24, 2.45) is 0 Å². The van der Waals surface area contributed by atoms with Gasteiger partial charge in [-0.25, -0.2) is 0 Å². The maximum absolute atomic E-state index is 12.9. The van der Waals surface area contributed by atoms with E-state index in [1.54, 1.807) is 0 Å². The Hall–Kier alpha value is -2.14. The number of benzene rings is 1. The molecule has 5 nitrogen and oxygen atoms in total. The fourth-order valence-electron chi connectivity index (χ4n) is 3.15. The molecule has 1 amide bonds. The number of amides is 1. The molecule has 2 aromatic rings. The second-order valence-corrected chi connectivity index (χ2v) is 6.01. The minimum Gasteiger partial charge on any atom is -0.334 e. The summed E-state index contributed by atoms with van der Waals surface area (Å²) in [7, 11) is 0. The van der Waals surface area contributed by atoms with Crippen LogP contribution in [0.3, 0.4) is 0 Å². The lowest BCUT2D eigenvalue weighted by Crippen LogP contribution is -2.46. The Morgan fingerprint density at radius 2 is 2.00 bits per heavy atom. The molecular weight excluding hydrogens is 288 g/mol. The first-order valence-corrected chi connectivity index (χ1v) is 8.42. The number of H-pyrrole nitrogens is 1. The number of hydrogen-bond donors (Lipinski definition) is 2. The van der Waals surface area contributed by atoms with Crippen LogP contribution in [0, 0.1) is 0 Å². The summed E-state index contributed by atoms with van der Waals surface area (Å²) < 4.78 is 0. The molecule has 0 aliphatic carbocycles. The van der Waals surface area contributed by atoms with Gasteiger partial charge in [0.1, 0.15) is 5.69 Å². The molecule has 0 atom stereocenters. The molecule has 0 spiro atoms. The second kappa shape index (κ2) is 7.42. The summed E-state index contributed by atoms with van der Waals surface area (Å²) in [5.74, 6) is 0.0634. The monoisotopic (exact) mass is 312 g/mol. The highest BCUT2D eigenvalue weighted by Crippen LogP contribution is 2.20. The van der Waals surface area contributed by atoms with E-state index in [4.69, 9.17) is 0 Å². The highest BCUT2D eigenvalue weighted by molar-refractivity contribution is 5.93. The number of aromatic nitrogens is 2. The van der Waals surface area contributed by atoms with E-state index in [0.717, 1.165) is 50.2 Å². The Kier molecular flexibility index (Phi) is 5.08. The molecule has 1 aliphatic rings. The van der Waals surface area contributed by atoms with Crippen LogP contribution >= 0.6 is 0 Å². The summed E-state index contributed by atoms with van der Waals surface area (Å²) in [4.78, 5) is 14.9. The number of aromatic amines is 1. The first kappa shape index (κ1) is 15.7. The predicted molar refractivity (Wildman–Crippen MR) is 91.2 cm³/mol. The summed E-state index contributed by atoms with van der Waals surface area (Å²) in [6, 6.07) is 12.1. The quantitative estimate of drug-likeness (QED) is 0.892. The SMILES string of the molecule is CCCN(C(=O)c1cc(-c2ccccc2)n[nH]1)C1CCNCC1. The summed E-state index contributed by atoms with van der Waals surface area (Å²) in [5, 5.41) is 10.6. The number of nitrogens with zero attached hydrogens (tertiary/aromatic N) is 2. The maximum atomic E-state index is 12.9. The third-order valence-corrected chi connectivity index (χ3v) is 4.35. The van der Waals surface area contributed by atoms with Crippen molar-refractivity contribution in [3.05, 3.63) is 42.1 Å². The third-order valence-electron chi connectivity index (χ3n) is 4.35. The van der Waals surface area contributed by atoms with Crippen molar-refractivity contribution in [2.45, 2.75) is 32.2 Å². The standard InChI is InChI=1S/C18H24N4O/c1-2-12-22(15-8-10-19-11-9-15)18(23)17-13-16(20-21-17)14-6-4-3-5-7-14/h3-7,13,15,19H,2,8-12H2,1H3,(H,20,21). The first-order valence-electron chi connectivity index (χ1n) is 8.42. The normalized spacial score (nSPS) is 15.5. The van der Waals surface area contributed by atoms with Gasteiger partial charge in [0.15, 0.2) is 0 Å². The van der Waals surface area contributed by atoms with Crippen molar-refractivity contribution in [2.75, 3.05) is 19.6 Å². The van der Waals surface area contributed by atoms with Crippen LogP contribution in [0.1, 0.15) is 36.7 Å². The molecule has 0 bridgehead atoms. The van der Waals surface area contributed by atoms with Gasteiger partial charge in [-0.15, -0.1) is 0 Å². The lowest BCUT2D eigenvalue weighted by molar-refractivity contribution is 0.0636. The van der Waals surface area contributed by atoms with Gasteiger partial charge in [-0.05, 0) is 38.4 Å². The Bertz CT molecular complexity index is 631. The van der Waals surface area contributed by atoms with Crippen LogP contribution in [0.4, 0.5) is 0 Å². The molecule has 1 aromatic heterocycles. The lowest BCUT2D eigenvalue weighted by Gasteiger charge is -2.34. The molecule has 0 saturated carbocycles. The van der Waals surface area contributed by atoms with Crippen LogP contribution in [-0.4, -0.2) is 46.7 Å². The zero-order chi connectivity index (χ0) is 16.1. The Morgan fingerprint density at radius 1 is 1.26 bits per heavy atom. The molecule has 122 valence electrons. The average molecular weight is 312 g/mol. The van der Waals surface area contributed by atoms with Crippen molar-refractivity contribution in [1.29, 1.82) is 0 Å². The van der Waals surface area contributed by atoms with Crippen LogP contribution in [0.2, 0.25) is 0 Å². The lowest BCUT2D eigenvalue weighted by atomic mass is 10.0. The van der Waals surface area contributed by atoms with E-state index in [-0.39, 0.29) is 5.91 Å². The first-order chi connectivity index (χ1) is 11.3. The number of piperidine rings is 1. The zero-order valence-corrected chi connectivity index (χ0v) is 13.6. The van der Waals surface area contributed by atoms with Crippen LogP contribution in [0.25, 0.3) is 11.3 Å². The molecular formula is C18H24N4O. The topological polar surface area (TPSA) is 61.0 Å². The van der Waals surface area contributed by atoms with E-state index in [2.05, 4.69) is 22.4 Å². The van der Waals surface area contributed by atoms with E-state index in [9.17, 15) is 4.79 Å². The van der Waals surface area contributed by atoms with Gasteiger partial charge in [0, 0.05) is 18.2 Å². The molecule has 1 fully saturated rings. The van der Waals surface area contributed by atoms with E-state index < -0.39 is 0 Å². The van der Waals surface area contributed by atoms with E-state index in [0.29, 0.717) is 11.7 Å². The van der Waals surface area contributed by atoms with Crippen LogP contribution in [-0.2, 0) is 0 Å². The Balaban J connectivity index is 1.78. The van der Waals surface area contributed by atoms with Crippen LogP contribution in [0.5, 0.6) is 0 Å². The number of nitrogens with one attached hydrogen (secondary N) is 2. The summed E-state index contributed by atoms with van der Waals surface area (Å²) in [6.45, 7) is 4.87. The van der Waals surface area contributed by atoms with E-state index in [1.807, 2.05) is 41.3 Å². The number of carbonyl (C=O) groups excluding carboxylic acids is 1. The van der Waals surface area contributed by atoms with Crippen molar-refractivity contribution >= 4 is 5.91 Å². The van der Waals surface area contributed by atoms with Gasteiger partial charge in [0.05, 0.1) is 5.69 Å². The van der Waals surface area contributed by atoms with E-state index in [1.165, 1.54) is 0 Å². The third kappa shape index (κ3) is 3.62. The zero-order valence-electron chi connectivity index (χ0n) is 13.6. The second-order valence-electron chi connectivity index (χ2n) is 6.01. The van der Waals surface area contributed by atoms with Crippen LogP contribution < -0.4 is 5.32 Å². The molecule has 1 aliphatic heterocycles. The molecule has 1 aromatic carbocycles. The molecule has 2 heterocycles. The predicted octanol–water partition coefficient (Wildman–Crippen LogP) is 2.68. The molecule has 3 rings (SSSR count). The van der Waals surface area contributed by atoms with Crippen molar-refractivity contribution in [3.63, 3.8) is 0 Å². The van der Waals surface area contributed by atoms with E-state index >= 15 is 0 Å². The fourth-order valence-corrected chi connectivity index (χ4v) is 3.15. The van der Waals surface area contributed by atoms with Gasteiger partial charge < -0.3 is 10.2 Å². The molecule has 0 radical (unpaired) electrons. The van der Waals surface area contributed by atoms with Gasteiger partial charge in [-0.3, -0.25) is 9.89 Å². The maximum Gasteiger partial charge on any atom is 0.272 e. The highest BCUT2D eigenvalue weighted by Gasteiger charge is 2.26. The fraction of sp³-hybridized carbons (Fsp3) is 0.444. The number of hydrogen-bond acceptors (Lipinski definition) is 3. The molecule has 5 heteroatoms. The minimum absolute atomic E-state index is 0.0634. The van der Waals surface area contributed by atoms with Gasteiger partial charge in [0.25, 0.3) is 5.91 Å². The van der Waals surface area contributed by atoms with Crippen molar-refractivity contribution in [1.82, 2.24) is 20.4 Å². The Morgan fingerprint density at radius 3 is 2.70 bits per heavy atom.